The van der Waals surface area contributed by atoms with Crippen LogP contribution in [0.5, 0.6) is 0 Å². The van der Waals surface area contributed by atoms with Crippen LogP contribution in [0, 0.1) is 13.8 Å². The number of allylic oxidation sites excluding steroid dienone is 3. The number of nitrogens with zero attached hydrogens (tertiary/aromatic N) is 4. The molecule has 5 nitrogen and oxygen atoms in total. The molecule has 2 N–H and O–H groups in total. The van der Waals surface area contributed by atoms with Crippen molar-refractivity contribution in [2.75, 3.05) is 5.73 Å². The molecular weight excluding hydrogens is 250 g/mol. The maximum atomic E-state index is 5.57. The highest BCUT2D eigenvalue weighted by molar-refractivity contribution is 5.84. The zero-order valence-electron chi connectivity index (χ0n) is 11.7. The van der Waals surface area contributed by atoms with Crippen LogP contribution in [0.4, 0.5) is 5.95 Å². The molecule has 0 amide bonds. The fourth-order valence-electron chi connectivity index (χ4n) is 1.86. The van der Waals surface area contributed by atoms with Crippen LogP contribution in [-0.2, 0) is 0 Å². The molecule has 0 spiro atoms. The Morgan fingerprint density at radius 3 is 2.65 bits per heavy atom. The second-order valence-electron chi connectivity index (χ2n) is 4.38. The third kappa shape index (κ3) is 2.66. The van der Waals surface area contributed by atoms with Crippen LogP contribution < -0.4 is 5.73 Å². The average molecular weight is 267 g/mol. The molecule has 2 heterocycles. The number of nitrogen functional groups attached to an aromatic ring is 1. The summed E-state index contributed by atoms with van der Waals surface area (Å²) in [4.78, 5) is 12.3. The third-order valence-electron chi connectivity index (χ3n) is 3.03. The Labute approximate surface area is 118 Å². The van der Waals surface area contributed by atoms with Gasteiger partial charge in [0.1, 0.15) is 5.82 Å². The van der Waals surface area contributed by atoms with Crippen LogP contribution in [0.3, 0.4) is 0 Å². The van der Waals surface area contributed by atoms with E-state index in [4.69, 9.17) is 5.73 Å². The zero-order chi connectivity index (χ0) is 14.7. The summed E-state index contributed by atoms with van der Waals surface area (Å²) in [6.07, 6.45) is 8.97. The van der Waals surface area contributed by atoms with E-state index in [1.807, 2.05) is 30.8 Å². The van der Waals surface area contributed by atoms with Crippen molar-refractivity contribution >= 4 is 17.7 Å². The van der Waals surface area contributed by atoms with E-state index in [0.717, 1.165) is 28.2 Å². The lowest BCUT2D eigenvalue weighted by molar-refractivity contribution is 1.03. The largest absolute Gasteiger partial charge is 0.368 e. The molecule has 2 aromatic heterocycles. The first-order valence-corrected chi connectivity index (χ1v) is 6.15. The monoisotopic (exact) mass is 267 g/mol. The molecule has 0 aliphatic carbocycles. The fraction of sp³-hybridized carbons (Fsp3) is 0.133. The van der Waals surface area contributed by atoms with Crippen LogP contribution >= 0.6 is 0 Å². The lowest BCUT2D eigenvalue weighted by Crippen LogP contribution is -2.01. The van der Waals surface area contributed by atoms with Crippen molar-refractivity contribution in [1.29, 1.82) is 0 Å². The number of anilines is 1. The van der Waals surface area contributed by atoms with E-state index < -0.39 is 0 Å². The Kier molecular flexibility index (Phi) is 3.79. The minimum Gasteiger partial charge on any atom is -0.368 e. The van der Waals surface area contributed by atoms with Gasteiger partial charge in [-0.2, -0.15) is 0 Å². The van der Waals surface area contributed by atoms with E-state index in [0.29, 0.717) is 0 Å². The Balaban J connectivity index is 2.42. The second kappa shape index (κ2) is 5.52. The Hall–Kier alpha value is -2.69. The topological polar surface area (TPSA) is 69.6 Å². The fourth-order valence-corrected chi connectivity index (χ4v) is 1.86. The lowest BCUT2D eigenvalue weighted by atomic mass is 10.0. The highest BCUT2D eigenvalue weighted by atomic mass is 15.0. The first kappa shape index (κ1) is 13.7. The van der Waals surface area contributed by atoms with Gasteiger partial charge in [0.2, 0.25) is 5.95 Å². The molecule has 0 saturated carbocycles. The first-order valence-electron chi connectivity index (χ1n) is 6.15. The number of nitrogens with two attached hydrogens (primary N) is 1. The molecule has 0 aliphatic rings. The van der Waals surface area contributed by atoms with Gasteiger partial charge in [0, 0.05) is 30.4 Å². The van der Waals surface area contributed by atoms with Crippen molar-refractivity contribution in [3.8, 4) is 0 Å². The smallest absolute Gasteiger partial charge is 0.220 e. The van der Waals surface area contributed by atoms with Gasteiger partial charge in [0.15, 0.2) is 0 Å². The summed E-state index contributed by atoms with van der Waals surface area (Å²) in [7, 11) is 0. The lowest BCUT2D eigenvalue weighted by Gasteiger charge is -2.10. The van der Waals surface area contributed by atoms with Crippen LogP contribution in [0.15, 0.2) is 43.4 Å². The predicted molar refractivity (Wildman–Crippen MR) is 81.6 cm³/mol. The van der Waals surface area contributed by atoms with Gasteiger partial charge in [0.25, 0.3) is 0 Å². The summed E-state index contributed by atoms with van der Waals surface area (Å²) in [6, 6.07) is 0. The van der Waals surface area contributed by atoms with E-state index in [9.17, 15) is 0 Å². The number of hydrogen-bond donors (Lipinski definition) is 1. The van der Waals surface area contributed by atoms with Gasteiger partial charge in [-0.05, 0) is 25.0 Å². The van der Waals surface area contributed by atoms with Crippen molar-refractivity contribution in [3.05, 3.63) is 60.5 Å². The second-order valence-corrected chi connectivity index (χ2v) is 4.38. The van der Waals surface area contributed by atoms with E-state index in [1.165, 1.54) is 0 Å². The number of imidazole rings is 1. The quantitative estimate of drug-likeness (QED) is 0.864. The summed E-state index contributed by atoms with van der Waals surface area (Å²) >= 11 is 0. The molecule has 0 saturated heterocycles. The minimum absolute atomic E-state index is 0.258. The number of aryl methyl sites for hydroxylation is 2. The molecule has 2 aromatic rings. The molecule has 2 rings (SSSR count). The summed E-state index contributed by atoms with van der Waals surface area (Å²) in [5, 5.41) is 0. The van der Waals surface area contributed by atoms with Gasteiger partial charge in [0.05, 0.1) is 5.69 Å². The first-order chi connectivity index (χ1) is 9.52. The van der Waals surface area contributed by atoms with Gasteiger partial charge in [-0.1, -0.05) is 19.2 Å². The van der Waals surface area contributed by atoms with Crippen molar-refractivity contribution in [2.45, 2.75) is 13.8 Å². The van der Waals surface area contributed by atoms with Crippen molar-refractivity contribution in [1.82, 2.24) is 19.5 Å². The summed E-state index contributed by atoms with van der Waals surface area (Å²) in [6.45, 7) is 11.7. The zero-order valence-corrected chi connectivity index (χ0v) is 11.7. The maximum Gasteiger partial charge on any atom is 0.220 e. The van der Waals surface area contributed by atoms with E-state index >= 15 is 0 Å². The molecule has 20 heavy (non-hydrogen) atoms. The third-order valence-corrected chi connectivity index (χ3v) is 3.03. The molecule has 0 aromatic carbocycles. The number of aromatic nitrogens is 4. The Morgan fingerprint density at radius 2 is 2.10 bits per heavy atom. The van der Waals surface area contributed by atoms with Crippen LogP contribution in [-0.4, -0.2) is 19.5 Å². The van der Waals surface area contributed by atoms with Gasteiger partial charge in [-0.15, -0.1) is 0 Å². The molecule has 0 aliphatic heterocycles. The number of rotatable bonds is 4. The van der Waals surface area contributed by atoms with Crippen molar-refractivity contribution in [2.24, 2.45) is 0 Å². The highest BCUT2D eigenvalue weighted by Crippen LogP contribution is 2.24. The Bertz CT molecular complexity index is 694. The number of hydrogen-bond acceptors (Lipinski definition) is 4. The summed E-state index contributed by atoms with van der Waals surface area (Å²) in [5.41, 5.74) is 8.88. The van der Waals surface area contributed by atoms with Gasteiger partial charge < -0.3 is 10.3 Å². The van der Waals surface area contributed by atoms with Gasteiger partial charge in [-0.25, -0.2) is 15.0 Å². The average Bonchev–Trinajstić information content (AvgIpc) is 2.80. The molecule has 0 radical (unpaired) electrons. The Morgan fingerprint density at radius 1 is 1.35 bits per heavy atom. The SMILES string of the molecule is C=C/C(=C\n1ccnc1C)C(=C)c1cnc(N)nc1C. The molecule has 0 bridgehead atoms. The molecule has 0 fully saturated rings. The van der Waals surface area contributed by atoms with Gasteiger partial charge >= 0.3 is 0 Å². The van der Waals surface area contributed by atoms with E-state index in [2.05, 4.69) is 28.1 Å². The van der Waals surface area contributed by atoms with Crippen LogP contribution in [0.1, 0.15) is 17.1 Å². The summed E-state index contributed by atoms with van der Waals surface area (Å²) < 4.78 is 1.91. The van der Waals surface area contributed by atoms with Crippen molar-refractivity contribution < 1.29 is 0 Å². The van der Waals surface area contributed by atoms with Crippen LogP contribution in [0.2, 0.25) is 0 Å². The molecule has 0 unspecified atom stereocenters. The maximum absolute atomic E-state index is 5.57. The molecular formula is C15H17N5. The normalized spacial score (nSPS) is 11.4. The van der Waals surface area contributed by atoms with Crippen molar-refractivity contribution in [3.63, 3.8) is 0 Å². The van der Waals surface area contributed by atoms with Crippen LogP contribution in [0.25, 0.3) is 11.8 Å². The van der Waals surface area contributed by atoms with Gasteiger partial charge in [-0.3, -0.25) is 0 Å². The standard InChI is InChI=1S/C15H17N5/c1-5-13(9-20-7-6-17-12(20)4)10(2)14-8-18-15(16)19-11(14)3/h5-9H,1-2H2,3-4H3,(H2,16,18,19)/b13-9+. The predicted octanol–water partition coefficient (Wildman–Crippen LogP) is 2.61. The van der Waals surface area contributed by atoms with E-state index in [-0.39, 0.29) is 5.95 Å². The molecule has 0 atom stereocenters. The summed E-state index contributed by atoms with van der Waals surface area (Å²) in [5.74, 6) is 1.15. The molecule has 102 valence electrons. The molecule has 5 heteroatoms. The minimum atomic E-state index is 0.258. The highest BCUT2D eigenvalue weighted by Gasteiger charge is 2.09. The van der Waals surface area contributed by atoms with E-state index in [1.54, 1.807) is 18.5 Å².